The number of hydrogen-bond acceptors (Lipinski definition) is 3. The summed E-state index contributed by atoms with van der Waals surface area (Å²) in [5, 5.41) is 20.7. The largest absolute Gasteiger partial charge is 0.478 e. The first-order chi connectivity index (χ1) is 18.0. The van der Waals surface area contributed by atoms with Crippen molar-refractivity contribution in [1.29, 1.82) is 0 Å². The van der Waals surface area contributed by atoms with E-state index in [0.29, 0.717) is 6.42 Å². The third-order valence-corrected chi connectivity index (χ3v) is 7.30. The molecule has 0 aromatic heterocycles. The summed E-state index contributed by atoms with van der Waals surface area (Å²) in [6, 6.07) is 11.8. The Labute approximate surface area is 223 Å². The van der Waals surface area contributed by atoms with Crippen LogP contribution in [0.4, 0.5) is 5.69 Å². The Balaban J connectivity index is 1.57. The van der Waals surface area contributed by atoms with E-state index in [1.807, 2.05) is 12.1 Å². The van der Waals surface area contributed by atoms with Crippen molar-refractivity contribution in [3.8, 4) is 11.1 Å². The predicted molar refractivity (Wildman–Crippen MR) is 153 cm³/mol. The molecule has 37 heavy (non-hydrogen) atoms. The lowest BCUT2D eigenvalue weighted by Crippen LogP contribution is -1.97. The van der Waals surface area contributed by atoms with Crippen LogP contribution in [-0.2, 0) is 6.42 Å². The van der Waals surface area contributed by atoms with Crippen LogP contribution in [-0.4, -0.2) is 16.0 Å². The van der Waals surface area contributed by atoms with Gasteiger partial charge >= 0.3 is 5.97 Å². The van der Waals surface area contributed by atoms with Crippen molar-refractivity contribution in [3.63, 3.8) is 0 Å². The molecule has 2 aromatic rings. The Morgan fingerprint density at radius 3 is 1.54 bits per heavy atom. The van der Waals surface area contributed by atoms with Crippen molar-refractivity contribution in [3.05, 3.63) is 63.7 Å². The van der Waals surface area contributed by atoms with Crippen LogP contribution in [0.15, 0.2) is 42.5 Å². The second-order valence-corrected chi connectivity index (χ2v) is 10.4. The molecule has 0 radical (unpaired) electrons. The third-order valence-electron chi connectivity index (χ3n) is 7.30. The number of hydrogen-bond donors (Lipinski definition) is 1. The molecule has 2 aromatic carbocycles. The Kier molecular flexibility index (Phi) is 15.3. The number of carboxylic acids is 1. The standard InChI is InChI=1S/C32H47NO4/c1-2-3-4-5-6-7-8-9-10-11-12-13-14-15-16-17-18-19-28-22-25-30(26-31(28)33(36)37)27-20-23-29(24-21-27)32(34)35/h20-26H,2-19H2,1H3,(H,34,35). The van der Waals surface area contributed by atoms with Gasteiger partial charge in [-0.3, -0.25) is 10.1 Å². The zero-order valence-corrected chi connectivity index (χ0v) is 22.9. The molecule has 204 valence electrons. The molecule has 0 bridgehead atoms. The number of aromatic carboxylic acids is 1. The van der Waals surface area contributed by atoms with Crippen LogP contribution in [0, 0.1) is 10.1 Å². The normalized spacial score (nSPS) is 11.1. The van der Waals surface area contributed by atoms with E-state index in [0.717, 1.165) is 29.5 Å². The van der Waals surface area contributed by atoms with Gasteiger partial charge in [-0.25, -0.2) is 4.79 Å². The van der Waals surface area contributed by atoms with E-state index < -0.39 is 5.97 Å². The van der Waals surface area contributed by atoms with Crippen LogP contribution in [0.25, 0.3) is 11.1 Å². The molecule has 0 atom stereocenters. The monoisotopic (exact) mass is 509 g/mol. The number of unbranched alkanes of at least 4 members (excludes halogenated alkanes) is 16. The molecule has 0 spiro atoms. The van der Waals surface area contributed by atoms with E-state index in [4.69, 9.17) is 5.11 Å². The Hall–Kier alpha value is -2.69. The van der Waals surface area contributed by atoms with Gasteiger partial charge in [0, 0.05) is 11.6 Å². The third kappa shape index (κ3) is 12.4. The number of nitrogens with zero attached hydrogens (tertiary/aromatic N) is 1. The van der Waals surface area contributed by atoms with E-state index >= 15 is 0 Å². The summed E-state index contributed by atoms with van der Waals surface area (Å²) in [7, 11) is 0. The van der Waals surface area contributed by atoms with Crippen molar-refractivity contribution in [2.24, 2.45) is 0 Å². The molecule has 0 aliphatic heterocycles. The average Bonchev–Trinajstić information content (AvgIpc) is 2.90. The summed E-state index contributed by atoms with van der Waals surface area (Å²) < 4.78 is 0. The second-order valence-electron chi connectivity index (χ2n) is 10.4. The molecular weight excluding hydrogens is 462 g/mol. The lowest BCUT2D eigenvalue weighted by Gasteiger charge is -2.07. The van der Waals surface area contributed by atoms with Gasteiger partial charge < -0.3 is 5.11 Å². The molecule has 0 saturated heterocycles. The fraction of sp³-hybridized carbons (Fsp3) is 0.594. The van der Waals surface area contributed by atoms with E-state index in [-0.39, 0.29) is 16.2 Å². The summed E-state index contributed by atoms with van der Waals surface area (Å²) >= 11 is 0. The number of carboxylic acid groups (broad SMARTS) is 1. The Bertz CT molecular complexity index is 923. The molecule has 5 heteroatoms. The molecule has 2 rings (SSSR count). The van der Waals surface area contributed by atoms with E-state index in [2.05, 4.69) is 6.92 Å². The zero-order valence-electron chi connectivity index (χ0n) is 22.9. The van der Waals surface area contributed by atoms with Crippen LogP contribution in [0.5, 0.6) is 0 Å². The molecule has 0 aliphatic rings. The van der Waals surface area contributed by atoms with Crippen molar-refractivity contribution in [2.75, 3.05) is 0 Å². The van der Waals surface area contributed by atoms with Crippen molar-refractivity contribution in [2.45, 2.75) is 122 Å². The Morgan fingerprint density at radius 1 is 0.676 bits per heavy atom. The van der Waals surface area contributed by atoms with Crippen molar-refractivity contribution >= 4 is 11.7 Å². The van der Waals surface area contributed by atoms with Crippen molar-refractivity contribution < 1.29 is 14.8 Å². The minimum Gasteiger partial charge on any atom is -0.478 e. The van der Waals surface area contributed by atoms with Gasteiger partial charge in [0.15, 0.2) is 0 Å². The first-order valence-corrected chi connectivity index (χ1v) is 14.6. The highest BCUT2D eigenvalue weighted by Gasteiger charge is 2.15. The zero-order chi connectivity index (χ0) is 26.7. The van der Waals surface area contributed by atoms with Gasteiger partial charge in [-0.2, -0.15) is 0 Å². The molecule has 0 aliphatic carbocycles. The molecule has 0 saturated carbocycles. The van der Waals surface area contributed by atoms with Gasteiger partial charge in [-0.05, 0) is 36.1 Å². The molecule has 5 nitrogen and oxygen atoms in total. The van der Waals surface area contributed by atoms with Crippen molar-refractivity contribution in [1.82, 2.24) is 0 Å². The summed E-state index contributed by atoms with van der Waals surface area (Å²) in [6.45, 7) is 2.27. The average molecular weight is 510 g/mol. The first-order valence-electron chi connectivity index (χ1n) is 14.6. The number of aryl methyl sites for hydroxylation is 1. The van der Waals surface area contributed by atoms with Crippen LogP contribution >= 0.6 is 0 Å². The fourth-order valence-electron chi connectivity index (χ4n) is 4.97. The van der Waals surface area contributed by atoms with Crippen LogP contribution in [0.3, 0.4) is 0 Å². The summed E-state index contributed by atoms with van der Waals surface area (Å²) in [5.41, 5.74) is 2.63. The van der Waals surface area contributed by atoms with Gasteiger partial charge in [-0.1, -0.05) is 134 Å². The highest BCUT2D eigenvalue weighted by atomic mass is 16.6. The lowest BCUT2D eigenvalue weighted by molar-refractivity contribution is -0.385. The molecule has 0 amide bonds. The number of carbonyl (C=O) groups is 1. The minimum atomic E-state index is -0.984. The number of rotatable bonds is 21. The fourth-order valence-corrected chi connectivity index (χ4v) is 4.97. The SMILES string of the molecule is CCCCCCCCCCCCCCCCCCCc1ccc(-c2ccc(C(=O)O)cc2)cc1[N+](=O)[O-]. The molecular formula is C32H47NO4. The number of nitro groups is 1. The molecule has 1 N–H and O–H groups in total. The topological polar surface area (TPSA) is 80.4 Å². The second kappa shape index (κ2) is 18.5. The quantitative estimate of drug-likeness (QED) is 0.103. The van der Waals surface area contributed by atoms with Crippen LogP contribution in [0.2, 0.25) is 0 Å². The maximum Gasteiger partial charge on any atom is 0.335 e. The predicted octanol–water partition coefficient (Wildman–Crippen LogP) is 10.2. The van der Waals surface area contributed by atoms with E-state index in [1.165, 1.54) is 108 Å². The first kappa shape index (κ1) is 30.5. The van der Waals surface area contributed by atoms with E-state index in [1.54, 1.807) is 18.2 Å². The molecule has 0 unspecified atom stereocenters. The van der Waals surface area contributed by atoms with E-state index in [9.17, 15) is 14.9 Å². The maximum atomic E-state index is 11.7. The van der Waals surface area contributed by atoms with Crippen LogP contribution in [0.1, 0.15) is 132 Å². The van der Waals surface area contributed by atoms with Gasteiger partial charge in [-0.15, -0.1) is 0 Å². The summed E-state index contributed by atoms with van der Waals surface area (Å²) in [6.07, 6.45) is 23.2. The molecule has 0 heterocycles. The maximum absolute atomic E-state index is 11.7. The minimum absolute atomic E-state index is 0.149. The Morgan fingerprint density at radius 2 is 1.11 bits per heavy atom. The molecule has 0 fully saturated rings. The highest BCUT2D eigenvalue weighted by Crippen LogP contribution is 2.29. The highest BCUT2D eigenvalue weighted by molar-refractivity contribution is 5.88. The van der Waals surface area contributed by atoms with Crippen LogP contribution < -0.4 is 0 Å². The smallest absolute Gasteiger partial charge is 0.335 e. The summed E-state index contributed by atoms with van der Waals surface area (Å²) in [5.74, 6) is -0.984. The summed E-state index contributed by atoms with van der Waals surface area (Å²) in [4.78, 5) is 22.4. The van der Waals surface area contributed by atoms with Gasteiger partial charge in [0.1, 0.15) is 0 Å². The number of nitro benzene ring substituents is 1. The van der Waals surface area contributed by atoms with Gasteiger partial charge in [0.25, 0.3) is 5.69 Å². The number of benzene rings is 2. The lowest BCUT2D eigenvalue weighted by atomic mass is 9.98. The van der Waals surface area contributed by atoms with Gasteiger partial charge in [0.2, 0.25) is 0 Å². The van der Waals surface area contributed by atoms with Gasteiger partial charge in [0.05, 0.1) is 10.5 Å².